The van der Waals surface area contributed by atoms with Gasteiger partial charge in [-0.2, -0.15) is 0 Å². The van der Waals surface area contributed by atoms with E-state index < -0.39 is 0 Å². The fourth-order valence-electron chi connectivity index (χ4n) is 2.15. The molecule has 3 rings (SSSR count). The molecular weight excluding hydrogens is 202 g/mol. The first-order chi connectivity index (χ1) is 7.81. The van der Waals surface area contributed by atoms with E-state index in [-0.39, 0.29) is 0 Å². The fourth-order valence-corrected chi connectivity index (χ4v) is 2.15. The first-order valence-corrected chi connectivity index (χ1v) is 5.64. The van der Waals surface area contributed by atoms with Crippen LogP contribution in [0.5, 0.6) is 0 Å². The quantitative estimate of drug-likeness (QED) is 0.812. The first-order valence-electron chi connectivity index (χ1n) is 5.64. The summed E-state index contributed by atoms with van der Waals surface area (Å²) in [6.45, 7) is 3.18. The normalized spacial score (nSPS) is 17.2. The number of aromatic nitrogens is 3. The number of nitrogens with zero attached hydrogens (tertiary/aromatic N) is 4. The summed E-state index contributed by atoms with van der Waals surface area (Å²) in [5.41, 5.74) is 7.28. The summed E-state index contributed by atoms with van der Waals surface area (Å²) in [5, 5.41) is 4.42. The van der Waals surface area contributed by atoms with Crippen molar-refractivity contribution in [2.45, 2.75) is 19.4 Å². The fraction of sp³-hybridized carbons (Fsp3) is 0.455. The zero-order valence-corrected chi connectivity index (χ0v) is 9.13. The van der Waals surface area contributed by atoms with Crippen LogP contribution in [-0.4, -0.2) is 32.6 Å². The number of hydrogen-bond donors (Lipinski definition) is 1. The molecule has 2 aromatic heterocycles. The van der Waals surface area contributed by atoms with E-state index in [2.05, 4.69) is 15.0 Å². The van der Waals surface area contributed by atoms with E-state index in [1.54, 1.807) is 10.7 Å². The minimum absolute atomic E-state index is 0.713. The van der Waals surface area contributed by atoms with E-state index in [1.807, 2.05) is 12.1 Å². The predicted molar refractivity (Wildman–Crippen MR) is 61.9 cm³/mol. The summed E-state index contributed by atoms with van der Waals surface area (Å²) < 4.78 is 1.75. The first kappa shape index (κ1) is 9.59. The Labute approximate surface area is 93.9 Å². The van der Waals surface area contributed by atoms with E-state index in [0.29, 0.717) is 5.69 Å². The smallest absolute Gasteiger partial charge is 0.165 e. The topological polar surface area (TPSA) is 59.5 Å². The summed E-state index contributed by atoms with van der Waals surface area (Å²) in [4.78, 5) is 6.86. The Morgan fingerprint density at radius 2 is 2.06 bits per heavy atom. The lowest BCUT2D eigenvalue weighted by Gasteiger charge is -2.10. The van der Waals surface area contributed by atoms with Crippen molar-refractivity contribution in [3.05, 3.63) is 24.2 Å². The van der Waals surface area contributed by atoms with Crippen molar-refractivity contribution in [1.29, 1.82) is 0 Å². The number of nitrogens with two attached hydrogens (primary N) is 1. The molecule has 1 fully saturated rings. The lowest BCUT2D eigenvalue weighted by Crippen LogP contribution is -2.19. The lowest BCUT2D eigenvalue weighted by atomic mass is 10.4. The molecule has 1 saturated heterocycles. The van der Waals surface area contributed by atoms with Crippen LogP contribution in [0.1, 0.15) is 18.7 Å². The second-order valence-electron chi connectivity index (χ2n) is 4.28. The van der Waals surface area contributed by atoms with Crippen molar-refractivity contribution in [3.8, 4) is 0 Å². The molecule has 1 aliphatic rings. The number of pyridine rings is 1. The number of hydrogen-bond acceptors (Lipinski definition) is 4. The Balaban J connectivity index is 1.86. The summed E-state index contributed by atoms with van der Waals surface area (Å²) in [6.07, 6.45) is 4.39. The van der Waals surface area contributed by atoms with Gasteiger partial charge in [0.25, 0.3) is 0 Å². The third kappa shape index (κ3) is 1.74. The SMILES string of the molecule is Nc1ccc2nc(CN3CCCC3)nn2c1. The van der Waals surface area contributed by atoms with Gasteiger partial charge < -0.3 is 5.73 Å². The van der Waals surface area contributed by atoms with Crippen molar-refractivity contribution in [2.24, 2.45) is 0 Å². The van der Waals surface area contributed by atoms with Crippen LogP contribution in [0.2, 0.25) is 0 Å². The zero-order valence-electron chi connectivity index (χ0n) is 9.13. The van der Waals surface area contributed by atoms with Crippen LogP contribution >= 0.6 is 0 Å². The van der Waals surface area contributed by atoms with Gasteiger partial charge in [0.05, 0.1) is 18.4 Å². The molecule has 0 aromatic carbocycles. The van der Waals surface area contributed by atoms with Crippen molar-refractivity contribution in [1.82, 2.24) is 19.5 Å². The van der Waals surface area contributed by atoms with Gasteiger partial charge in [-0.15, -0.1) is 5.10 Å². The average Bonchev–Trinajstić information content (AvgIpc) is 2.86. The Morgan fingerprint density at radius 3 is 2.88 bits per heavy atom. The molecule has 0 aliphatic carbocycles. The van der Waals surface area contributed by atoms with E-state index in [1.165, 1.54) is 12.8 Å². The van der Waals surface area contributed by atoms with Gasteiger partial charge in [0.1, 0.15) is 0 Å². The molecule has 3 heterocycles. The molecule has 0 spiro atoms. The highest BCUT2D eigenvalue weighted by Gasteiger charge is 2.14. The van der Waals surface area contributed by atoms with Gasteiger partial charge >= 0.3 is 0 Å². The van der Waals surface area contributed by atoms with Crippen LogP contribution in [0.4, 0.5) is 5.69 Å². The molecule has 84 valence electrons. The molecule has 5 heteroatoms. The standard InChI is InChI=1S/C11H15N5/c12-9-3-4-11-13-10(14-16(11)7-9)8-15-5-1-2-6-15/h3-4,7H,1-2,5-6,8,12H2. The highest BCUT2D eigenvalue weighted by Crippen LogP contribution is 2.12. The molecule has 5 nitrogen and oxygen atoms in total. The van der Waals surface area contributed by atoms with Crippen LogP contribution in [0, 0.1) is 0 Å². The molecule has 0 atom stereocenters. The van der Waals surface area contributed by atoms with Gasteiger partial charge in [-0.3, -0.25) is 4.90 Å². The molecule has 0 radical (unpaired) electrons. The number of fused-ring (bicyclic) bond motifs is 1. The molecule has 2 aromatic rings. The average molecular weight is 217 g/mol. The lowest BCUT2D eigenvalue weighted by molar-refractivity contribution is 0.322. The molecular formula is C11H15N5. The van der Waals surface area contributed by atoms with E-state index in [9.17, 15) is 0 Å². The Morgan fingerprint density at radius 1 is 1.25 bits per heavy atom. The maximum Gasteiger partial charge on any atom is 0.165 e. The summed E-state index contributed by atoms with van der Waals surface area (Å²) in [5.74, 6) is 0.882. The van der Waals surface area contributed by atoms with Crippen molar-refractivity contribution < 1.29 is 0 Å². The number of likely N-dealkylation sites (tertiary alicyclic amines) is 1. The molecule has 0 bridgehead atoms. The van der Waals surface area contributed by atoms with Gasteiger partial charge in [0.15, 0.2) is 11.5 Å². The largest absolute Gasteiger partial charge is 0.397 e. The summed E-state index contributed by atoms with van der Waals surface area (Å²) >= 11 is 0. The molecule has 0 amide bonds. The van der Waals surface area contributed by atoms with Crippen molar-refractivity contribution in [3.63, 3.8) is 0 Å². The van der Waals surface area contributed by atoms with Gasteiger partial charge in [-0.1, -0.05) is 0 Å². The molecule has 0 unspecified atom stereocenters. The highest BCUT2D eigenvalue weighted by molar-refractivity contribution is 5.46. The molecule has 1 aliphatic heterocycles. The summed E-state index contributed by atoms with van der Waals surface area (Å²) in [7, 11) is 0. The Hall–Kier alpha value is -1.62. The Bertz CT molecular complexity index is 498. The number of rotatable bonds is 2. The van der Waals surface area contributed by atoms with Crippen molar-refractivity contribution in [2.75, 3.05) is 18.8 Å². The number of anilines is 1. The van der Waals surface area contributed by atoms with Crippen LogP contribution in [0.3, 0.4) is 0 Å². The van der Waals surface area contributed by atoms with Crippen molar-refractivity contribution >= 4 is 11.3 Å². The second kappa shape index (κ2) is 3.75. The van der Waals surface area contributed by atoms with Gasteiger partial charge in [0, 0.05) is 0 Å². The maximum atomic E-state index is 5.70. The van der Waals surface area contributed by atoms with Crippen LogP contribution in [0.25, 0.3) is 5.65 Å². The van der Waals surface area contributed by atoms with Gasteiger partial charge in [-0.05, 0) is 38.1 Å². The number of nitrogen functional groups attached to an aromatic ring is 1. The Kier molecular flexibility index (Phi) is 2.25. The second-order valence-corrected chi connectivity index (χ2v) is 4.28. The summed E-state index contributed by atoms with van der Waals surface area (Å²) in [6, 6.07) is 3.75. The van der Waals surface area contributed by atoms with E-state index in [4.69, 9.17) is 5.73 Å². The minimum Gasteiger partial charge on any atom is -0.397 e. The van der Waals surface area contributed by atoms with E-state index >= 15 is 0 Å². The monoisotopic (exact) mass is 217 g/mol. The van der Waals surface area contributed by atoms with Gasteiger partial charge in [-0.25, -0.2) is 9.50 Å². The predicted octanol–water partition coefficient (Wildman–Crippen LogP) is 0.907. The minimum atomic E-state index is 0.713. The molecule has 16 heavy (non-hydrogen) atoms. The third-order valence-corrected chi connectivity index (χ3v) is 2.96. The van der Waals surface area contributed by atoms with E-state index in [0.717, 1.165) is 31.1 Å². The van der Waals surface area contributed by atoms with Crippen LogP contribution in [0.15, 0.2) is 18.3 Å². The molecule has 0 saturated carbocycles. The molecule has 2 N–H and O–H groups in total. The maximum absolute atomic E-state index is 5.70. The zero-order chi connectivity index (χ0) is 11.0. The van der Waals surface area contributed by atoms with Crippen LogP contribution < -0.4 is 5.73 Å². The third-order valence-electron chi connectivity index (χ3n) is 2.96. The highest BCUT2D eigenvalue weighted by atomic mass is 15.3. The van der Waals surface area contributed by atoms with Gasteiger partial charge in [0.2, 0.25) is 0 Å². The van der Waals surface area contributed by atoms with Crippen LogP contribution in [-0.2, 0) is 6.54 Å².